The number of ether oxygens (including phenoxy) is 1. The summed E-state index contributed by atoms with van der Waals surface area (Å²) in [5, 5.41) is 5.30. The van der Waals surface area contributed by atoms with Gasteiger partial charge in [-0.1, -0.05) is 12.8 Å². The minimum absolute atomic E-state index is 0.147. The summed E-state index contributed by atoms with van der Waals surface area (Å²) >= 11 is 1.29. The molecule has 4 rings (SSSR count). The first-order chi connectivity index (χ1) is 17.2. The third-order valence-corrected chi connectivity index (χ3v) is 9.47. The van der Waals surface area contributed by atoms with E-state index in [2.05, 4.69) is 20.3 Å². The third kappa shape index (κ3) is 5.61. The van der Waals surface area contributed by atoms with E-state index in [9.17, 15) is 22.8 Å². The normalized spacial score (nSPS) is 17.1. The second kappa shape index (κ2) is 11.1. The van der Waals surface area contributed by atoms with Crippen LogP contribution in [-0.2, 0) is 27.7 Å². The molecule has 10 nitrogen and oxygen atoms in total. The highest BCUT2D eigenvalue weighted by Gasteiger charge is 2.29. The number of methoxy groups -OCH3 is 1. The highest BCUT2D eigenvalue weighted by atomic mass is 32.2. The lowest BCUT2D eigenvalue weighted by Crippen LogP contribution is -2.33. The topological polar surface area (TPSA) is 125 Å². The van der Waals surface area contributed by atoms with Gasteiger partial charge < -0.3 is 15.0 Å². The van der Waals surface area contributed by atoms with Gasteiger partial charge in [0.1, 0.15) is 5.00 Å². The number of hydrogen-bond donors (Lipinski definition) is 2. The number of carbonyl (C=O) groups is 3. The molecule has 0 radical (unpaired) electrons. The Balaban J connectivity index is 1.56. The molecule has 0 atom stereocenters. The van der Waals surface area contributed by atoms with Gasteiger partial charge in [0, 0.05) is 36.6 Å². The number of thiophene rings is 1. The number of anilines is 1. The van der Waals surface area contributed by atoms with E-state index in [1.807, 2.05) is 7.05 Å². The summed E-state index contributed by atoms with van der Waals surface area (Å²) in [5.41, 5.74) is 1.31. The number of rotatable bonds is 5. The molecule has 1 fully saturated rings. The largest absolute Gasteiger partial charge is 0.453 e. The fourth-order valence-corrected chi connectivity index (χ4v) is 7.29. The van der Waals surface area contributed by atoms with E-state index in [0.717, 1.165) is 42.7 Å². The number of nitrogens with zero attached hydrogens (tertiary/aromatic N) is 2. The Bertz CT molecular complexity index is 1250. The number of hydrogen-bond acceptors (Lipinski definition) is 8. The van der Waals surface area contributed by atoms with Gasteiger partial charge in [-0.3, -0.25) is 14.9 Å². The fourth-order valence-electron chi connectivity index (χ4n) is 4.45. The van der Waals surface area contributed by atoms with Crippen molar-refractivity contribution < 1.29 is 27.5 Å². The van der Waals surface area contributed by atoms with Gasteiger partial charge in [0.25, 0.3) is 11.8 Å². The monoisotopic (exact) mass is 534 g/mol. The van der Waals surface area contributed by atoms with Gasteiger partial charge in [-0.2, -0.15) is 4.31 Å². The van der Waals surface area contributed by atoms with Crippen LogP contribution in [0.2, 0.25) is 0 Å². The van der Waals surface area contributed by atoms with Gasteiger partial charge >= 0.3 is 6.09 Å². The molecular formula is C24H30N4O6S2. The van der Waals surface area contributed by atoms with Crippen molar-refractivity contribution in [3.63, 3.8) is 0 Å². The number of benzene rings is 1. The van der Waals surface area contributed by atoms with E-state index in [1.54, 1.807) is 0 Å². The van der Waals surface area contributed by atoms with Gasteiger partial charge in [-0.05, 0) is 56.1 Å². The number of alkyl carbamates (subject to hydrolysis) is 1. The predicted octanol–water partition coefficient (Wildman–Crippen LogP) is 3.05. The molecule has 194 valence electrons. The Hall–Kier alpha value is -2.80. The van der Waals surface area contributed by atoms with Crippen LogP contribution in [0.5, 0.6) is 0 Å². The molecule has 1 aromatic heterocycles. The van der Waals surface area contributed by atoms with E-state index in [1.165, 1.54) is 47.0 Å². The molecule has 2 aromatic rings. The molecule has 2 N–H and O–H groups in total. The number of sulfonamides is 1. The summed E-state index contributed by atoms with van der Waals surface area (Å²) in [7, 11) is -0.488. The van der Waals surface area contributed by atoms with Crippen molar-refractivity contribution in [2.75, 3.05) is 39.1 Å². The molecule has 2 aliphatic rings. The van der Waals surface area contributed by atoms with Crippen molar-refractivity contribution in [2.24, 2.45) is 0 Å². The maximum atomic E-state index is 13.1. The maximum absolute atomic E-state index is 13.1. The van der Waals surface area contributed by atoms with Gasteiger partial charge in [0.15, 0.2) is 0 Å². The zero-order chi connectivity index (χ0) is 25.9. The lowest BCUT2D eigenvalue weighted by Gasteiger charge is -2.22. The first-order valence-electron chi connectivity index (χ1n) is 11.8. The summed E-state index contributed by atoms with van der Waals surface area (Å²) in [6.45, 7) is 2.36. The van der Waals surface area contributed by atoms with Crippen LogP contribution in [0.25, 0.3) is 0 Å². The molecule has 0 unspecified atom stereocenters. The fraction of sp³-hybridized carbons (Fsp3) is 0.458. The summed E-state index contributed by atoms with van der Waals surface area (Å²) in [5.74, 6) is -1.12. The Morgan fingerprint density at radius 1 is 0.972 bits per heavy atom. The van der Waals surface area contributed by atoms with E-state index in [0.29, 0.717) is 31.1 Å². The molecule has 0 spiro atoms. The third-order valence-electron chi connectivity index (χ3n) is 6.42. The number of nitrogens with one attached hydrogen (secondary N) is 2. The summed E-state index contributed by atoms with van der Waals surface area (Å²) in [6.07, 6.45) is 3.44. The smallest absolute Gasteiger partial charge is 0.413 e. The van der Waals surface area contributed by atoms with Crippen molar-refractivity contribution in [1.82, 2.24) is 14.5 Å². The minimum atomic E-state index is -3.62. The summed E-state index contributed by atoms with van der Waals surface area (Å²) < 4.78 is 32.1. The van der Waals surface area contributed by atoms with Gasteiger partial charge in [-0.25, -0.2) is 13.2 Å². The first-order valence-corrected chi connectivity index (χ1v) is 14.1. The van der Waals surface area contributed by atoms with Crippen LogP contribution in [0.1, 0.15) is 56.8 Å². The lowest BCUT2D eigenvalue weighted by molar-refractivity contribution is 0.0936. The van der Waals surface area contributed by atoms with Gasteiger partial charge in [0.05, 0.1) is 17.6 Å². The molecule has 1 saturated heterocycles. The van der Waals surface area contributed by atoms with E-state index in [4.69, 9.17) is 0 Å². The van der Waals surface area contributed by atoms with Crippen LogP contribution in [0.4, 0.5) is 9.80 Å². The average Bonchev–Trinajstić information content (AvgIpc) is 3.01. The van der Waals surface area contributed by atoms with Crippen molar-refractivity contribution in [3.8, 4) is 0 Å². The van der Waals surface area contributed by atoms with Crippen LogP contribution in [0.15, 0.2) is 29.2 Å². The number of amides is 3. The van der Waals surface area contributed by atoms with Gasteiger partial charge in [0.2, 0.25) is 10.0 Å². The van der Waals surface area contributed by atoms with E-state index < -0.39 is 27.9 Å². The van der Waals surface area contributed by atoms with Crippen molar-refractivity contribution in [3.05, 3.63) is 45.8 Å². The first kappa shape index (κ1) is 26.3. The van der Waals surface area contributed by atoms with Gasteiger partial charge in [-0.15, -0.1) is 11.3 Å². The molecular weight excluding hydrogens is 504 g/mol. The molecule has 3 heterocycles. The van der Waals surface area contributed by atoms with Crippen LogP contribution in [0.3, 0.4) is 0 Å². The molecule has 12 heteroatoms. The number of carbonyl (C=O) groups excluding carboxylic acids is 3. The Labute approximate surface area is 214 Å². The maximum Gasteiger partial charge on any atom is 0.413 e. The zero-order valence-corrected chi connectivity index (χ0v) is 22.0. The van der Waals surface area contributed by atoms with Crippen LogP contribution < -0.4 is 10.6 Å². The molecule has 36 heavy (non-hydrogen) atoms. The highest BCUT2D eigenvalue weighted by Crippen LogP contribution is 2.37. The molecule has 1 aromatic carbocycles. The highest BCUT2D eigenvalue weighted by molar-refractivity contribution is 7.89. The van der Waals surface area contributed by atoms with Crippen molar-refractivity contribution >= 4 is 44.3 Å². The number of fused-ring (bicyclic) bond motifs is 1. The van der Waals surface area contributed by atoms with Crippen LogP contribution in [0, 0.1) is 0 Å². The lowest BCUT2D eigenvalue weighted by atomic mass is 10.0. The zero-order valence-electron chi connectivity index (χ0n) is 20.3. The van der Waals surface area contributed by atoms with E-state index >= 15 is 0 Å². The Morgan fingerprint density at radius 3 is 2.28 bits per heavy atom. The van der Waals surface area contributed by atoms with Crippen LogP contribution >= 0.6 is 11.3 Å². The minimum Gasteiger partial charge on any atom is -0.453 e. The van der Waals surface area contributed by atoms with E-state index in [-0.39, 0.29) is 16.0 Å². The quantitative estimate of drug-likeness (QED) is 0.604. The number of likely N-dealkylation sites (N-methyl/N-ethyl adjacent to an activating group) is 1. The Morgan fingerprint density at radius 2 is 1.64 bits per heavy atom. The molecule has 3 amide bonds. The average molecular weight is 535 g/mol. The predicted molar refractivity (Wildman–Crippen MR) is 136 cm³/mol. The van der Waals surface area contributed by atoms with Crippen LogP contribution in [-0.4, -0.2) is 69.3 Å². The Kier molecular flexibility index (Phi) is 8.08. The molecule has 0 bridgehead atoms. The molecule has 0 saturated carbocycles. The van der Waals surface area contributed by atoms with Crippen molar-refractivity contribution in [2.45, 2.75) is 43.5 Å². The summed E-state index contributed by atoms with van der Waals surface area (Å²) in [4.78, 5) is 40.7. The summed E-state index contributed by atoms with van der Waals surface area (Å²) in [6, 6.07) is 5.81. The second-order valence-corrected chi connectivity index (χ2v) is 12.0. The second-order valence-electron chi connectivity index (χ2n) is 8.94. The molecule has 2 aliphatic heterocycles. The number of imide groups is 1. The van der Waals surface area contributed by atoms with Crippen molar-refractivity contribution in [1.29, 1.82) is 0 Å². The molecule has 0 aliphatic carbocycles. The SMILES string of the molecule is COC(=O)NC(=O)c1c(NC(=O)c2ccc(S(=O)(=O)N3CCCCCC3)cc2)sc2c1CCN(C)C2. The standard InChI is InChI=1S/C24H30N4O6S2/c1-27-14-11-18-19(15-27)35-23(20(18)22(30)26-24(31)34-2)25-21(29)16-7-9-17(10-8-16)36(32,33)28-12-5-3-4-6-13-28/h7-10H,3-6,11-15H2,1-2H3,(H,25,29)(H,26,30,31).